The molecule has 3 rings (SSSR count). The SMILES string of the molecule is Nc1ccc(NCCO)nc1NCc1ccc2ncccc2c1. The smallest absolute Gasteiger partial charge is 0.151 e. The highest BCUT2D eigenvalue weighted by Crippen LogP contribution is 2.20. The fourth-order valence-electron chi connectivity index (χ4n) is 2.31. The monoisotopic (exact) mass is 309 g/mol. The van der Waals surface area contributed by atoms with Crippen molar-refractivity contribution >= 4 is 28.2 Å². The van der Waals surface area contributed by atoms with E-state index in [0.29, 0.717) is 30.4 Å². The lowest BCUT2D eigenvalue weighted by molar-refractivity contribution is 0.311. The van der Waals surface area contributed by atoms with Crippen LogP contribution in [-0.2, 0) is 6.54 Å². The van der Waals surface area contributed by atoms with Crippen molar-refractivity contribution in [3.8, 4) is 0 Å². The molecule has 23 heavy (non-hydrogen) atoms. The van der Waals surface area contributed by atoms with Crippen molar-refractivity contribution in [2.75, 3.05) is 29.5 Å². The molecule has 0 aliphatic carbocycles. The summed E-state index contributed by atoms with van der Waals surface area (Å²) in [6.45, 7) is 1.12. The van der Waals surface area contributed by atoms with Gasteiger partial charge < -0.3 is 21.5 Å². The van der Waals surface area contributed by atoms with Gasteiger partial charge in [-0.1, -0.05) is 12.1 Å². The summed E-state index contributed by atoms with van der Waals surface area (Å²) in [6.07, 6.45) is 1.79. The summed E-state index contributed by atoms with van der Waals surface area (Å²) in [5, 5.41) is 16.2. The maximum absolute atomic E-state index is 8.85. The lowest BCUT2D eigenvalue weighted by atomic mass is 10.1. The molecule has 0 saturated heterocycles. The van der Waals surface area contributed by atoms with E-state index >= 15 is 0 Å². The minimum absolute atomic E-state index is 0.0555. The van der Waals surface area contributed by atoms with Gasteiger partial charge in [-0.25, -0.2) is 4.98 Å². The van der Waals surface area contributed by atoms with Crippen LogP contribution in [0.1, 0.15) is 5.56 Å². The minimum Gasteiger partial charge on any atom is -0.396 e. The van der Waals surface area contributed by atoms with Gasteiger partial charge in [0.2, 0.25) is 0 Å². The van der Waals surface area contributed by atoms with Crippen molar-refractivity contribution in [2.24, 2.45) is 0 Å². The number of rotatable bonds is 6. The van der Waals surface area contributed by atoms with Crippen LogP contribution in [0.15, 0.2) is 48.7 Å². The zero-order valence-corrected chi connectivity index (χ0v) is 12.7. The van der Waals surface area contributed by atoms with E-state index in [1.807, 2.05) is 24.3 Å². The number of fused-ring (bicyclic) bond motifs is 1. The minimum atomic E-state index is 0.0555. The van der Waals surface area contributed by atoms with E-state index in [9.17, 15) is 0 Å². The molecular weight excluding hydrogens is 290 g/mol. The van der Waals surface area contributed by atoms with E-state index in [-0.39, 0.29) is 6.61 Å². The Hall–Kier alpha value is -2.86. The Morgan fingerprint density at radius 2 is 2.00 bits per heavy atom. The van der Waals surface area contributed by atoms with Gasteiger partial charge in [-0.05, 0) is 35.9 Å². The fraction of sp³-hybridized carbons (Fsp3) is 0.176. The quantitative estimate of drug-likeness (QED) is 0.557. The summed E-state index contributed by atoms with van der Waals surface area (Å²) in [5.74, 6) is 1.30. The van der Waals surface area contributed by atoms with Crippen LogP contribution in [0.3, 0.4) is 0 Å². The van der Waals surface area contributed by atoms with E-state index < -0.39 is 0 Å². The molecule has 6 nitrogen and oxygen atoms in total. The van der Waals surface area contributed by atoms with Gasteiger partial charge in [0.25, 0.3) is 0 Å². The van der Waals surface area contributed by atoms with E-state index in [2.05, 4.69) is 26.7 Å². The van der Waals surface area contributed by atoms with E-state index in [0.717, 1.165) is 16.5 Å². The first-order valence-corrected chi connectivity index (χ1v) is 7.45. The Labute approximate surface area is 134 Å². The van der Waals surface area contributed by atoms with Crippen LogP contribution in [0.25, 0.3) is 10.9 Å². The lowest BCUT2D eigenvalue weighted by Crippen LogP contribution is -2.10. The zero-order chi connectivity index (χ0) is 16.1. The highest BCUT2D eigenvalue weighted by Gasteiger charge is 2.04. The number of hydrogen-bond acceptors (Lipinski definition) is 6. The number of aromatic nitrogens is 2. The Balaban J connectivity index is 1.73. The van der Waals surface area contributed by atoms with Crippen molar-refractivity contribution in [1.29, 1.82) is 0 Å². The van der Waals surface area contributed by atoms with Crippen LogP contribution >= 0.6 is 0 Å². The van der Waals surface area contributed by atoms with Crippen molar-refractivity contribution < 1.29 is 5.11 Å². The van der Waals surface area contributed by atoms with Crippen LogP contribution in [0.4, 0.5) is 17.3 Å². The van der Waals surface area contributed by atoms with Crippen LogP contribution in [0.5, 0.6) is 0 Å². The number of aliphatic hydroxyl groups is 1. The predicted octanol–water partition coefficient (Wildman–Crippen LogP) is 2.23. The number of nitrogen functional groups attached to an aromatic ring is 1. The molecule has 0 atom stereocenters. The van der Waals surface area contributed by atoms with Gasteiger partial charge in [-0.2, -0.15) is 0 Å². The number of hydrogen-bond donors (Lipinski definition) is 4. The van der Waals surface area contributed by atoms with Gasteiger partial charge in [-0.15, -0.1) is 0 Å². The first kappa shape index (κ1) is 15.1. The topological polar surface area (TPSA) is 96.1 Å². The van der Waals surface area contributed by atoms with Crippen LogP contribution in [0, 0.1) is 0 Å². The Kier molecular flexibility index (Phi) is 4.54. The van der Waals surface area contributed by atoms with Crippen molar-refractivity contribution in [1.82, 2.24) is 9.97 Å². The predicted molar refractivity (Wildman–Crippen MR) is 93.3 cm³/mol. The molecule has 0 fully saturated rings. The standard InChI is InChI=1S/C17H19N5O/c18-14-4-6-16(20-8-9-23)22-17(14)21-11-12-3-5-15-13(10-12)2-1-7-19-15/h1-7,10,23H,8-9,11,18H2,(H2,20,21,22). The number of pyridine rings is 2. The molecule has 2 aromatic heterocycles. The Morgan fingerprint density at radius 3 is 2.87 bits per heavy atom. The molecule has 0 unspecified atom stereocenters. The number of aliphatic hydroxyl groups excluding tert-OH is 1. The second-order valence-corrected chi connectivity index (χ2v) is 5.17. The van der Waals surface area contributed by atoms with Crippen molar-refractivity contribution in [2.45, 2.75) is 6.54 Å². The molecule has 0 spiro atoms. The molecule has 118 valence electrons. The molecule has 1 aromatic carbocycles. The molecular formula is C17H19N5O. The zero-order valence-electron chi connectivity index (χ0n) is 12.7. The first-order chi connectivity index (χ1) is 11.3. The summed E-state index contributed by atoms with van der Waals surface area (Å²) < 4.78 is 0. The molecule has 0 aliphatic heterocycles. The van der Waals surface area contributed by atoms with E-state index in [4.69, 9.17) is 10.8 Å². The molecule has 3 aromatic rings. The molecule has 0 radical (unpaired) electrons. The third-order valence-electron chi connectivity index (χ3n) is 3.47. The summed E-state index contributed by atoms with van der Waals surface area (Å²) in [4.78, 5) is 8.73. The molecule has 0 saturated carbocycles. The lowest BCUT2D eigenvalue weighted by Gasteiger charge is -2.11. The van der Waals surface area contributed by atoms with Crippen LogP contribution < -0.4 is 16.4 Å². The third-order valence-corrected chi connectivity index (χ3v) is 3.47. The van der Waals surface area contributed by atoms with Crippen LogP contribution in [-0.4, -0.2) is 28.2 Å². The maximum atomic E-state index is 8.85. The highest BCUT2D eigenvalue weighted by molar-refractivity contribution is 5.79. The first-order valence-electron chi connectivity index (χ1n) is 7.45. The van der Waals surface area contributed by atoms with Gasteiger partial charge in [-0.3, -0.25) is 4.98 Å². The second-order valence-electron chi connectivity index (χ2n) is 5.17. The van der Waals surface area contributed by atoms with Gasteiger partial charge in [0.05, 0.1) is 17.8 Å². The second kappa shape index (κ2) is 6.93. The summed E-state index contributed by atoms with van der Waals surface area (Å²) in [7, 11) is 0. The van der Waals surface area contributed by atoms with E-state index in [1.165, 1.54) is 0 Å². The Morgan fingerprint density at radius 1 is 1.09 bits per heavy atom. The molecule has 5 N–H and O–H groups in total. The molecule has 6 heteroatoms. The largest absolute Gasteiger partial charge is 0.396 e. The fourth-order valence-corrected chi connectivity index (χ4v) is 2.31. The Bertz CT molecular complexity index is 806. The molecule has 2 heterocycles. The number of nitrogens with one attached hydrogen (secondary N) is 2. The molecule has 0 amide bonds. The average molecular weight is 309 g/mol. The number of benzene rings is 1. The van der Waals surface area contributed by atoms with Crippen molar-refractivity contribution in [3.05, 3.63) is 54.2 Å². The van der Waals surface area contributed by atoms with E-state index in [1.54, 1.807) is 18.3 Å². The van der Waals surface area contributed by atoms with Gasteiger partial charge in [0.1, 0.15) is 5.82 Å². The number of nitrogens with zero attached hydrogens (tertiary/aromatic N) is 2. The summed E-state index contributed by atoms with van der Waals surface area (Å²) in [5.41, 5.74) is 8.65. The number of nitrogens with two attached hydrogens (primary N) is 1. The maximum Gasteiger partial charge on any atom is 0.151 e. The van der Waals surface area contributed by atoms with Crippen LogP contribution in [0.2, 0.25) is 0 Å². The van der Waals surface area contributed by atoms with Gasteiger partial charge in [0.15, 0.2) is 5.82 Å². The molecule has 0 bridgehead atoms. The third kappa shape index (κ3) is 3.67. The van der Waals surface area contributed by atoms with Crippen molar-refractivity contribution in [3.63, 3.8) is 0 Å². The normalized spacial score (nSPS) is 10.7. The molecule has 0 aliphatic rings. The van der Waals surface area contributed by atoms with Gasteiger partial charge in [0, 0.05) is 24.7 Å². The average Bonchev–Trinajstić information content (AvgIpc) is 2.59. The summed E-state index contributed by atoms with van der Waals surface area (Å²) in [6, 6.07) is 13.7. The highest BCUT2D eigenvalue weighted by atomic mass is 16.3. The van der Waals surface area contributed by atoms with Gasteiger partial charge >= 0.3 is 0 Å². The number of anilines is 3. The summed E-state index contributed by atoms with van der Waals surface area (Å²) >= 11 is 0.